The van der Waals surface area contributed by atoms with Crippen LogP contribution < -0.4 is 0 Å². The third-order valence-electron chi connectivity index (χ3n) is 25.0. The monoisotopic (exact) mass is 1620 g/mol. The van der Waals surface area contributed by atoms with Gasteiger partial charge in [0.1, 0.15) is 11.2 Å². The third kappa shape index (κ3) is 10.7. The van der Waals surface area contributed by atoms with Gasteiger partial charge in [-0.15, -0.1) is 45.3 Å². The number of furan rings is 3. The second-order valence-corrected chi connectivity index (χ2v) is 36.8. The number of hydrogen-bond acceptors (Lipinski definition) is 13. The predicted molar refractivity (Wildman–Crippen MR) is 507 cm³/mol. The Morgan fingerprint density at radius 1 is 0.240 bits per heavy atom. The number of nitrogens with zero attached hydrogens (tertiary/aromatic N) is 6. The summed E-state index contributed by atoms with van der Waals surface area (Å²) < 4.78 is 29.8. The molecule has 10 aromatic heterocycles. The van der Waals surface area contributed by atoms with Crippen molar-refractivity contribution < 1.29 is 13.3 Å². The molecule has 0 aliphatic heterocycles. The average molecular weight is 1620 g/mol. The Morgan fingerprint density at radius 3 is 1.31 bits per heavy atom. The molecule has 0 saturated heterocycles. The normalized spacial score (nSPS) is 13.3. The topological polar surface area (TPSA) is 117 Å². The molecule has 0 radical (unpaired) electrons. The zero-order valence-electron chi connectivity index (χ0n) is 65.7. The van der Waals surface area contributed by atoms with E-state index in [9.17, 15) is 0 Å². The van der Waals surface area contributed by atoms with E-state index in [1.54, 1.807) is 11.3 Å². The summed E-state index contributed by atoms with van der Waals surface area (Å²) in [7, 11) is 0. The molecule has 0 spiro atoms. The second-order valence-electron chi connectivity index (χ2n) is 32.5. The minimum atomic E-state index is -0.104. The molecule has 0 bridgehead atoms. The highest BCUT2D eigenvalue weighted by atomic mass is 32.1. The van der Waals surface area contributed by atoms with Crippen LogP contribution in [-0.2, 0) is 10.8 Å². The first-order valence-electron chi connectivity index (χ1n) is 40.7. The Bertz CT molecular complexity index is 8680. The number of para-hydroxylation sites is 1. The molecule has 0 saturated carbocycles. The SMILES string of the molecule is CC1(C)c2ccccc2-c2ccc(-c3nc(-c4ccccc4)c4c(n3)oc3c5c(ccc34)C(C)(C)c3ccccc3-5)cc21.c1ccc(-c2nc(-c3ccc4sc5ccccc5c4c3)nc3c2sc2c3ccc3sc4ccccc4c32)cc1.c1ccc(-c2nc(-c3ccc4sc5ccccc5c4c3)nc3oc4c(ccc5c6ccccc6oc54)c23)cc1. The van der Waals surface area contributed by atoms with Crippen LogP contribution in [0.4, 0.5) is 0 Å². The Kier molecular flexibility index (Phi) is 15.4. The molecule has 27 rings (SSSR count). The van der Waals surface area contributed by atoms with Crippen LogP contribution in [0.25, 0.3) is 237 Å². The molecule has 10 heterocycles. The van der Waals surface area contributed by atoms with Gasteiger partial charge in [0.2, 0.25) is 11.4 Å². The maximum absolute atomic E-state index is 6.80. The third-order valence-corrected chi connectivity index (χ3v) is 29.6. The summed E-state index contributed by atoms with van der Waals surface area (Å²) >= 11 is 7.33. The van der Waals surface area contributed by atoms with Crippen molar-refractivity contribution in [2.45, 2.75) is 38.5 Å². The summed E-state index contributed by atoms with van der Waals surface area (Å²) in [5.74, 6) is 2.09. The van der Waals surface area contributed by atoms with E-state index in [-0.39, 0.29) is 10.8 Å². The van der Waals surface area contributed by atoms with E-state index >= 15 is 0 Å². The number of aromatic nitrogens is 6. The summed E-state index contributed by atoms with van der Waals surface area (Å²) in [6.07, 6.45) is 0. The van der Waals surface area contributed by atoms with E-state index < -0.39 is 0 Å². The van der Waals surface area contributed by atoms with Crippen molar-refractivity contribution in [1.82, 2.24) is 29.9 Å². The highest BCUT2D eigenvalue weighted by Gasteiger charge is 2.39. The molecule has 121 heavy (non-hydrogen) atoms. The van der Waals surface area contributed by atoms with Gasteiger partial charge in [-0.3, -0.25) is 0 Å². The van der Waals surface area contributed by atoms with Crippen LogP contribution >= 0.6 is 45.3 Å². The molecule has 15 aromatic carbocycles. The van der Waals surface area contributed by atoms with Crippen molar-refractivity contribution in [3.8, 4) is 90.2 Å². The minimum Gasteiger partial charge on any atom is -0.452 e. The predicted octanol–water partition coefficient (Wildman–Crippen LogP) is 31.2. The highest BCUT2D eigenvalue weighted by molar-refractivity contribution is 7.30. The molecule has 9 nitrogen and oxygen atoms in total. The van der Waals surface area contributed by atoms with Crippen molar-refractivity contribution in [3.05, 3.63) is 350 Å². The van der Waals surface area contributed by atoms with Crippen LogP contribution in [0.3, 0.4) is 0 Å². The Labute approximate surface area is 708 Å². The molecular weight excluding hydrogens is 1560 g/mol. The van der Waals surface area contributed by atoms with Crippen LogP contribution in [0.1, 0.15) is 49.9 Å². The fraction of sp³-hybridized carbons (Fsp3) is 0.0556. The lowest BCUT2D eigenvalue weighted by atomic mass is 9.82. The maximum Gasteiger partial charge on any atom is 0.231 e. The van der Waals surface area contributed by atoms with Crippen molar-refractivity contribution in [1.29, 1.82) is 0 Å². The average Bonchev–Trinajstić information content (AvgIpc) is 1.53. The summed E-state index contributed by atoms with van der Waals surface area (Å²) in [4.78, 5) is 31.1. The molecule has 2 aliphatic rings. The molecular formula is C108H66N6O3S4. The summed E-state index contributed by atoms with van der Waals surface area (Å²) in [6, 6.07) is 116. The molecule has 0 amide bonds. The number of thiophene rings is 4. The zero-order chi connectivity index (χ0) is 80.1. The number of hydrogen-bond donors (Lipinski definition) is 0. The lowest BCUT2D eigenvalue weighted by molar-refractivity contribution is 0.625. The Hall–Kier alpha value is -14.2. The van der Waals surface area contributed by atoms with E-state index in [1.807, 2.05) is 76.5 Å². The van der Waals surface area contributed by atoms with E-state index in [2.05, 4.69) is 313 Å². The van der Waals surface area contributed by atoms with Gasteiger partial charge in [0, 0.05) is 142 Å². The lowest BCUT2D eigenvalue weighted by Crippen LogP contribution is -2.15. The zero-order valence-corrected chi connectivity index (χ0v) is 69.0. The first-order chi connectivity index (χ1) is 59.5. The quantitative estimate of drug-likeness (QED) is 0.160. The second kappa shape index (κ2) is 26.7. The summed E-state index contributed by atoms with van der Waals surface area (Å²) in [6.45, 7) is 9.21. The molecule has 0 atom stereocenters. The molecule has 0 N–H and O–H groups in total. The van der Waals surface area contributed by atoms with Gasteiger partial charge in [-0.1, -0.05) is 258 Å². The molecule has 2 aliphatic carbocycles. The van der Waals surface area contributed by atoms with Crippen LogP contribution in [0.2, 0.25) is 0 Å². The number of benzene rings is 15. The van der Waals surface area contributed by atoms with Gasteiger partial charge in [-0.25, -0.2) is 19.9 Å². The van der Waals surface area contributed by atoms with Crippen LogP contribution in [0.15, 0.2) is 341 Å². The van der Waals surface area contributed by atoms with E-state index in [4.69, 9.17) is 43.2 Å². The molecule has 0 unspecified atom stereocenters. The van der Waals surface area contributed by atoms with Gasteiger partial charge in [0.15, 0.2) is 28.6 Å². The van der Waals surface area contributed by atoms with Gasteiger partial charge in [0.25, 0.3) is 0 Å². The van der Waals surface area contributed by atoms with Crippen LogP contribution in [-0.4, -0.2) is 29.9 Å². The Morgan fingerprint density at radius 2 is 0.669 bits per heavy atom. The van der Waals surface area contributed by atoms with Crippen molar-refractivity contribution in [3.63, 3.8) is 0 Å². The van der Waals surface area contributed by atoms with Crippen molar-refractivity contribution >= 4 is 192 Å². The van der Waals surface area contributed by atoms with Crippen molar-refractivity contribution in [2.24, 2.45) is 0 Å². The Balaban J connectivity index is 0.000000100. The molecule has 570 valence electrons. The van der Waals surface area contributed by atoms with Crippen LogP contribution in [0.5, 0.6) is 0 Å². The largest absolute Gasteiger partial charge is 0.452 e. The minimum absolute atomic E-state index is 0.103. The van der Waals surface area contributed by atoms with Gasteiger partial charge < -0.3 is 13.3 Å². The smallest absolute Gasteiger partial charge is 0.231 e. The summed E-state index contributed by atoms with van der Waals surface area (Å²) in [5.41, 5.74) is 24.4. The summed E-state index contributed by atoms with van der Waals surface area (Å²) in [5, 5.41) is 14.8. The highest BCUT2D eigenvalue weighted by Crippen LogP contribution is 2.56. The van der Waals surface area contributed by atoms with E-state index in [0.29, 0.717) is 28.7 Å². The first kappa shape index (κ1) is 69.9. The van der Waals surface area contributed by atoms with E-state index in [0.717, 1.165) is 116 Å². The number of rotatable bonds is 6. The van der Waals surface area contributed by atoms with Gasteiger partial charge in [-0.05, 0) is 136 Å². The number of fused-ring (bicyclic) bond motifs is 30. The first-order valence-corrected chi connectivity index (χ1v) is 43.9. The standard InChI is InChI=1S/C40H30N2O.C34H18N2O2S.C34H18N2S3/c1-39(2)30-17-11-9-15-27(30)33-31(39)21-20-28-34-35(23-12-6-5-7-13-23)41-37(42-38(34)43-36(28)33)24-18-19-26-25-14-8-10-16-29(25)40(3,4)32(26)22-24;1-2-8-19(9-3-1)30-29-24-16-15-23-21-10-4-6-12-26(21)37-31(23)32(24)38-34(29)36-33(35-30)20-14-17-28-25(18-20)22-11-5-7-13-27(22)39-28;1-2-8-19(9-3-1)30-33-31(23-15-17-28-29(32(23)39-33)22-11-5-7-13-26(22)38-28)36-34(35-30)20-14-16-27-24(18-20)21-10-4-6-12-25(21)37-27/h5-22H,1-4H3;2*1-18H. The molecule has 13 heteroatoms. The van der Waals surface area contributed by atoms with Crippen molar-refractivity contribution in [2.75, 3.05) is 0 Å². The van der Waals surface area contributed by atoms with Crippen LogP contribution in [0, 0.1) is 0 Å². The fourth-order valence-corrected chi connectivity index (χ4v) is 23.8. The van der Waals surface area contributed by atoms with Gasteiger partial charge in [0.05, 0.1) is 38.1 Å². The van der Waals surface area contributed by atoms with Gasteiger partial charge >= 0.3 is 0 Å². The van der Waals surface area contributed by atoms with Gasteiger partial charge in [-0.2, -0.15) is 9.97 Å². The maximum atomic E-state index is 6.80. The lowest BCUT2D eigenvalue weighted by Gasteiger charge is -2.21. The molecule has 25 aromatic rings. The molecule has 0 fully saturated rings. The van der Waals surface area contributed by atoms with E-state index in [1.165, 1.54) is 115 Å². The fourth-order valence-electron chi connectivity index (χ4n) is 19.1.